The lowest BCUT2D eigenvalue weighted by atomic mass is 10.0. The van der Waals surface area contributed by atoms with Crippen LogP contribution >= 0.6 is 0 Å². The molecule has 0 saturated heterocycles. The van der Waals surface area contributed by atoms with E-state index in [9.17, 15) is 16.8 Å². The molecule has 0 aliphatic heterocycles. The average molecular weight is 889 g/mol. The number of sulfone groups is 2. The molecule has 0 amide bonds. The maximum Gasteiger partial charge on any atom is 0.206 e. The smallest absolute Gasteiger partial charge is 0.206 e. The first kappa shape index (κ1) is 43.3. The van der Waals surface area contributed by atoms with Crippen molar-refractivity contribution < 1.29 is 40.5 Å². The molecule has 0 spiro atoms. The predicted octanol–water partition coefficient (Wildman–Crippen LogP) is 12.3. The summed E-state index contributed by atoms with van der Waals surface area (Å²) in [4.78, 5) is 0.667. The summed E-state index contributed by atoms with van der Waals surface area (Å²) in [5.74, 6) is 4.87. The summed E-state index contributed by atoms with van der Waals surface area (Å²) in [6, 6.07) is 56.6. The third-order valence-corrected chi connectivity index (χ3v) is 13.9. The normalized spacial score (nSPS) is 11.4. The van der Waals surface area contributed by atoms with Gasteiger partial charge in [0.15, 0.2) is 0 Å². The van der Waals surface area contributed by atoms with Crippen molar-refractivity contribution in [1.82, 2.24) is 0 Å². The molecule has 0 radical (unpaired) electrons. The molecular weight excluding hydrogens is 845 g/mol. The SMILES string of the molecule is CCOc1ccc(S(=O)(=O)c2ccc(Oc3ccc(Cc4ccc(Oc5ccc(S(=O)(=O)c6ccc(Oc7ccc(Cc8ccc(OC)cc8)cc7)cc6)cc5)cc4)cc3)cc2)cc1. The lowest BCUT2D eigenvalue weighted by Gasteiger charge is -2.10. The lowest BCUT2D eigenvalue weighted by Crippen LogP contribution is -2.02. The van der Waals surface area contributed by atoms with Gasteiger partial charge < -0.3 is 23.7 Å². The Bertz CT molecular complexity index is 3010. The van der Waals surface area contributed by atoms with E-state index in [-0.39, 0.29) is 19.6 Å². The summed E-state index contributed by atoms with van der Waals surface area (Å²) in [5.41, 5.74) is 4.45. The largest absolute Gasteiger partial charge is 0.497 e. The van der Waals surface area contributed by atoms with Crippen LogP contribution < -0.4 is 23.7 Å². The zero-order valence-corrected chi connectivity index (χ0v) is 36.7. The van der Waals surface area contributed by atoms with Crippen molar-refractivity contribution in [2.75, 3.05) is 13.7 Å². The molecule has 11 heteroatoms. The molecule has 8 aromatic carbocycles. The highest BCUT2D eigenvalue weighted by molar-refractivity contribution is 7.91. The van der Waals surface area contributed by atoms with E-state index in [1.807, 2.05) is 104 Å². The van der Waals surface area contributed by atoms with Gasteiger partial charge in [0.05, 0.1) is 33.3 Å². The van der Waals surface area contributed by atoms with Crippen molar-refractivity contribution in [1.29, 1.82) is 0 Å². The summed E-state index contributed by atoms with van der Waals surface area (Å²) < 4.78 is 81.9. The van der Waals surface area contributed by atoms with Gasteiger partial charge in [-0.1, -0.05) is 48.5 Å². The summed E-state index contributed by atoms with van der Waals surface area (Å²) in [7, 11) is -5.82. The van der Waals surface area contributed by atoms with E-state index in [1.165, 1.54) is 42.0 Å². The van der Waals surface area contributed by atoms with Crippen molar-refractivity contribution in [2.45, 2.75) is 39.3 Å². The van der Waals surface area contributed by atoms with Crippen LogP contribution in [0.2, 0.25) is 0 Å². The fourth-order valence-electron chi connectivity index (χ4n) is 6.86. The minimum atomic E-state index is -3.78. The number of rotatable bonds is 17. The fraction of sp³-hybridized carbons (Fsp3) is 0.0943. The Morgan fingerprint density at radius 1 is 0.312 bits per heavy atom. The molecule has 0 fully saturated rings. The van der Waals surface area contributed by atoms with Crippen molar-refractivity contribution in [3.8, 4) is 46.0 Å². The first-order valence-electron chi connectivity index (χ1n) is 20.5. The molecule has 0 N–H and O–H groups in total. The average Bonchev–Trinajstić information content (AvgIpc) is 3.32. The minimum absolute atomic E-state index is 0.150. The predicted molar refractivity (Wildman–Crippen MR) is 246 cm³/mol. The molecule has 8 rings (SSSR count). The highest BCUT2D eigenvalue weighted by Gasteiger charge is 2.19. The fourth-order valence-corrected chi connectivity index (χ4v) is 9.39. The molecule has 0 saturated carbocycles. The molecular formula is C53H44O9S2. The molecule has 8 aromatic rings. The van der Waals surface area contributed by atoms with E-state index in [1.54, 1.807) is 67.8 Å². The standard InChI is InChI=1S/C53H44O9S2/c1-3-59-43-20-28-50(29-21-43)63(54,55)51-30-22-47(23-31-51)61-45-16-8-40(9-17-45)37-41-10-18-46(19-11-41)62-49-26-34-53(35-27-49)64(56,57)52-32-24-48(25-33-52)60-44-14-6-39(7-15-44)36-38-4-12-42(58-2)13-5-38/h4-35H,3,36-37H2,1-2H3. The molecule has 0 atom stereocenters. The Labute approximate surface area is 373 Å². The molecule has 0 aromatic heterocycles. The highest BCUT2D eigenvalue weighted by atomic mass is 32.2. The number of benzene rings is 8. The Kier molecular flexibility index (Phi) is 13.1. The van der Waals surface area contributed by atoms with Gasteiger partial charge in [-0.3, -0.25) is 0 Å². The maximum atomic E-state index is 13.5. The summed E-state index contributed by atoms with van der Waals surface area (Å²) in [5, 5.41) is 0. The van der Waals surface area contributed by atoms with E-state index < -0.39 is 19.7 Å². The molecule has 0 aliphatic carbocycles. The van der Waals surface area contributed by atoms with E-state index in [0.717, 1.165) is 28.9 Å². The third-order valence-electron chi connectivity index (χ3n) is 10.3. The van der Waals surface area contributed by atoms with Gasteiger partial charge in [-0.25, -0.2) is 16.8 Å². The summed E-state index contributed by atoms with van der Waals surface area (Å²) in [6.07, 6.45) is 1.46. The number of hydrogen-bond acceptors (Lipinski definition) is 9. The van der Waals surface area contributed by atoms with Crippen LogP contribution in [-0.4, -0.2) is 30.6 Å². The van der Waals surface area contributed by atoms with E-state index in [0.29, 0.717) is 53.3 Å². The van der Waals surface area contributed by atoms with Gasteiger partial charge in [0.2, 0.25) is 19.7 Å². The Balaban J connectivity index is 0.808. The second-order valence-corrected chi connectivity index (χ2v) is 18.7. The molecule has 0 bridgehead atoms. The van der Waals surface area contributed by atoms with Crippen LogP contribution in [-0.2, 0) is 32.5 Å². The first-order valence-corrected chi connectivity index (χ1v) is 23.5. The molecule has 0 heterocycles. The van der Waals surface area contributed by atoms with Crippen LogP contribution in [0.25, 0.3) is 0 Å². The number of hydrogen-bond donors (Lipinski definition) is 0. The zero-order chi connectivity index (χ0) is 44.5. The van der Waals surface area contributed by atoms with Gasteiger partial charge in [-0.15, -0.1) is 0 Å². The van der Waals surface area contributed by atoms with E-state index in [4.69, 9.17) is 23.7 Å². The van der Waals surface area contributed by atoms with Crippen LogP contribution in [0.1, 0.15) is 29.2 Å². The van der Waals surface area contributed by atoms with Crippen LogP contribution in [0.3, 0.4) is 0 Å². The second-order valence-electron chi connectivity index (χ2n) is 14.8. The van der Waals surface area contributed by atoms with Crippen LogP contribution in [0.5, 0.6) is 46.0 Å². The van der Waals surface area contributed by atoms with Crippen LogP contribution in [0, 0.1) is 0 Å². The Morgan fingerprint density at radius 3 is 0.766 bits per heavy atom. The molecule has 0 aliphatic rings. The van der Waals surface area contributed by atoms with Gasteiger partial charge >= 0.3 is 0 Å². The van der Waals surface area contributed by atoms with Gasteiger partial charge in [-0.05, 0) is 188 Å². The molecule has 322 valence electrons. The van der Waals surface area contributed by atoms with Gasteiger partial charge in [0.25, 0.3) is 0 Å². The van der Waals surface area contributed by atoms with Crippen molar-refractivity contribution >= 4 is 19.7 Å². The third kappa shape index (κ3) is 10.6. The quantitative estimate of drug-likeness (QED) is 0.0881. The van der Waals surface area contributed by atoms with Crippen LogP contribution in [0.4, 0.5) is 0 Å². The van der Waals surface area contributed by atoms with Gasteiger partial charge in [0, 0.05) is 0 Å². The van der Waals surface area contributed by atoms with Crippen LogP contribution in [0.15, 0.2) is 214 Å². The highest BCUT2D eigenvalue weighted by Crippen LogP contribution is 2.31. The van der Waals surface area contributed by atoms with Crippen molar-refractivity contribution in [3.05, 3.63) is 216 Å². The van der Waals surface area contributed by atoms with Gasteiger partial charge in [0.1, 0.15) is 46.0 Å². The molecule has 9 nitrogen and oxygen atoms in total. The monoisotopic (exact) mass is 888 g/mol. The van der Waals surface area contributed by atoms with E-state index in [2.05, 4.69) is 0 Å². The number of methoxy groups -OCH3 is 1. The second kappa shape index (κ2) is 19.4. The summed E-state index contributed by atoms with van der Waals surface area (Å²) in [6.45, 7) is 2.37. The molecule has 64 heavy (non-hydrogen) atoms. The van der Waals surface area contributed by atoms with Crippen molar-refractivity contribution in [3.63, 3.8) is 0 Å². The minimum Gasteiger partial charge on any atom is -0.497 e. The Hall–Kier alpha value is -7.34. The maximum absolute atomic E-state index is 13.5. The van der Waals surface area contributed by atoms with Gasteiger partial charge in [-0.2, -0.15) is 0 Å². The Morgan fingerprint density at radius 2 is 0.531 bits per heavy atom. The first-order chi connectivity index (χ1) is 31.0. The lowest BCUT2D eigenvalue weighted by molar-refractivity contribution is 0.340. The topological polar surface area (TPSA) is 114 Å². The zero-order valence-electron chi connectivity index (χ0n) is 35.1. The van der Waals surface area contributed by atoms with Crippen molar-refractivity contribution in [2.24, 2.45) is 0 Å². The molecule has 0 unspecified atom stereocenters. The summed E-state index contributed by atoms with van der Waals surface area (Å²) >= 11 is 0. The van der Waals surface area contributed by atoms with E-state index >= 15 is 0 Å². The number of ether oxygens (including phenoxy) is 5.